The number of amides is 2. The number of nitrogens with one attached hydrogen (secondary N) is 1. The molecule has 28 heavy (non-hydrogen) atoms. The number of aromatic nitrogens is 2. The summed E-state index contributed by atoms with van der Waals surface area (Å²) < 4.78 is 1.79. The Bertz CT molecular complexity index is 882. The van der Waals surface area contributed by atoms with Gasteiger partial charge in [0.1, 0.15) is 0 Å². The Morgan fingerprint density at radius 2 is 1.96 bits per heavy atom. The summed E-state index contributed by atoms with van der Waals surface area (Å²) in [5, 5.41) is 8.21. The van der Waals surface area contributed by atoms with Gasteiger partial charge in [-0.1, -0.05) is 24.6 Å². The van der Waals surface area contributed by atoms with E-state index in [-0.39, 0.29) is 23.8 Å². The Morgan fingerprint density at radius 3 is 2.61 bits per heavy atom. The van der Waals surface area contributed by atoms with Crippen LogP contribution in [0.25, 0.3) is 5.69 Å². The summed E-state index contributed by atoms with van der Waals surface area (Å²) in [6, 6.07) is 7.65. The summed E-state index contributed by atoms with van der Waals surface area (Å²) in [6.07, 6.45) is 5.98. The summed E-state index contributed by atoms with van der Waals surface area (Å²) in [4.78, 5) is 26.9. The smallest absolute Gasteiger partial charge is 0.257 e. The Labute approximate surface area is 169 Å². The molecule has 1 aliphatic heterocycles. The van der Waals surface area contributed by atoms with Crippen molar-refractivity contribution in [1.29, 1.82) is 0 Å². The number of carbonyl (C=O) groups excluding carboxylic acids is 2. The van der Waals surface area contributed by atoms with Crippen LogP contribution in [0.1, 0.15) is 48.7 Å². The van der Waals surface area contributed by atoms with Crippen LogP contribution in [0.5, 0.6) is 0 Å². The maximum atomic E-state index is 13.1. The standard InChI is InChI=1S/C21H25ClN4O2/c1-2-19-18(13-23-26(19)17-5-3-4-15(22)12-17)21(28)25-10-8-16(9-11-25)24-20(27)14-6-7-14/h3-5,12-14,16H,2,6-11H2,1H3,(H,24,27). The van der Waals surface area contributed by atoms with Crippen molar-refractivity contribution >= 4 is 23.4 Å². The zero-order valence-corrected chi connectivity index (χ0v) is 16.8. The largest absolute Gasteiger partial charge is 0.353 e. The van der Waals surface area contributed by atoms with Crippen LogP contribution in [0.4, 0.5) is 0 Å². The third-order valence-corrected chi connectivity index (χ3v) is 5.80. The molecule has 1 saturated carbocycles. The van der Waals surface area contributed by atoms with E-state index in [0.717, 1.165) is 37.1 Å². The molecule has 0 unspecified atom stereocenters. The molecule has 2 amide bonds. The SMILES string of the molecule is CCc1c(C(=O)N2CCC(NC(=O)C3CC3)CC2)cnn1-c1cccc(Cl)c1. The van der Waals surface area contributed by atoms with Gasteiger partial charge in [0, 0.05) is 30.1 Å². The highest BCUT2D eigenvalue weighted by atomic mass is 35.5. The van der Waals surface area contributed by atoms with E-state index in [1.54, 1.807) is 10.9 Å². The number of benzene rings is 1. The number of hydrogen-bond donors (Lipinski definition) is 1. The van der Waals surface area contributed by atoms with Gasteiger partial charge in [-0.25, -0.2) is 4.68 Å². The minimum absolute atomic E-state index is 0.0112. The number of nitrogens with zero attached hydrogens (tertiary/aromatic N) is 3. The number of likely N-dealkylation sites (tertiary alicyclic amines) is 1. The Hall–Kier alpha value is -2.34. The molecular weight excluding hydrogens is 376 g/mol. The summed E-state index contributed by atoms with van der Waals surface area (Å²) >= 11 is 6.11. The third-order valence-electron chi connectivity index (χ3n) is 5.56. The van der Waals surface area contributed by atoms with Crippen molar-refractivity contribution in [3.05, 3.63) is 46.7 Å². The first-order chi connectivity index (χ1) is 13.6. The fraction of sp³-hybridized carbons (Fsp3) is 0.476. The lowest BCUT2D eigenvalue weighted by Crippen LogP contribution is -2.47. The van der Waals surface area contributed by atoms with Gasteiger partial charge in [0.05, 0.1) is 23.1 Å². The molecule has 6 nitrogen and oxygen atoms in total. The minimum Gasteiger partial charge on any atom is -0.353 e. The maximum absolute atomic E-state index is 13.1. The van der Waals surface area contributed by atoms with Crippen molar-refractivity contribution in [2.45, 2.75) is 45.1 Å². The minimum atomic E-state index is 0.0112. The predicted molar refractivity (Wildman–Crippen MR) is 108 cm³/mol. The van der Waals surface area contributed by atoms with Crippen molar-refractivity contribution in [1.82, 2.24) is 20.0 Å². The second-order valence-electron chi connectivity index (χ2n) is 7.60. The van der Waals surface area contributed by atoms with E-state index in [0.29, 0.717) is 30.1 Å². The zero-order valence-electron chi connectivity index (χ0n) is 16.0. The summed E-state index contributed by atoms with van der Waals surface area (Å²) in [7, 11) is 0. The van der Waals surface area contributed by atoms with Gasteiger partial charge in [0.2, 0.25) is 5.91 Å². The van der Waals surface area contributed by atoms with Gasteiger partial charge in [-0.05, 0) is 50.3 Å². The van der Waals surface area contributed by atoms with Crippen LogP contribution in [0.2, 0.25) is 5.02 Å². The molecule has 2 heterocycles. The average molecular weight is 401 g/mol. The van der Waals surface area contributed by atoms with Crippen LogP contribution in [-0.2, 0) is 11.2 Å². The second kappa shape index (κ2) is 7.95. The first kappa shape index (κ1) is 19.0. The van der Waals surface area contributed by atoms with E-state index in [2.05, 4.69) is 10.4 Å². The van der Waals surface area contributed by atoms with E-state index in [1.165, 1.54) is 0 Å². The van der Waals surface area contributed by atoms with E-state index in [9.17, 15) is 9.59 Å². The van der Waals surface area contributed by atoms with Crippen molar-refractivity contribution in [2.24, 2.45) is 5.92 Å². The fourth-order valence-electron chi connectivity index (χ4n) is 3.78. The van der Waals surface area contributed by atoms with Crippen LogP contribution >= 0.6 is 11.6 Å². The number of piperidine rings is 1. The van der Waals surface area contributed by atoms with Gasteiger partial charge in [-0.3, -0.25) is 9.59 Å². The predicted octanol–water partition coefficient (Wildman–Crippen LogP) is 3.22. The zero-order chi connectivity index (χ0) is 19.7. The van der Waals surface area contributed by atoms with Crippen molar-refractivity contribution in [2.75, 3.05) is 13.1 Å². The molecule has 1 N–H and O–H groups in total. The highest BCUT2D eigenvalue weighted by Gasteiger charge is 2.33. The Balaban J connectivity index is 1.44. The van der Waals surface area contributed by atoms with Crippen molar-refractivity contribution in [3.8, 4) is 5.69 Å². The Morgan fingerprint density at radius 1 is 1.21 bits per heavy atom. The van der Waals surface area contributed by atoms with Crippen LogP contribution < -0.4 is 5.32 Å². The topological polar surface area (TPSA) is 67.2 Å². The van der Waals surface area contributed by atoms with E-state index in [1.807, 2.05) is 36.1 Å². The van der Waals surface area contributed by atoms with Gasteiger partial charge in [0.25, 0.3) is 5.91 Å². The number of rotatable bonds is 5. The van der Waals surface area contributed by atoms with E-state index >= 15 is 0 Å². The van der Waals surface area contributed by atoms with Crippen molar-refractivity contribution in [3.63, 3.8) is 0 Å². The normalized spacial score (nSPS) is 17.6. The first-order valence-electron chi connectivity index (χ1n) is 9.99. The lowest BCUT2D eigenvalue weighted by atomic mass is 10.0. The fourth-order valence-corrected chi connectivity index (χ4v) is 3.97. The molecule has 1 aromatic heterocycles. The van der Waals surface area contributed by atoms with Crippen LogP contribution in [0.15, 0.2) is 30.5 Å². The van der Waals surface area contributed by atoms with Gasteiger partial charge < -0.3 is 10.2 Å². The molecule has 0 bridgehead atoms. The molecule has 4 rings (SSSR count). The maximum Gasteiger partial charge on any atom is 0.257 e. The monoisotopic (exact) mass is 400 g/mol. The summed E-state index contributed by atoms with van der Waals surface area (Å²) in [6.45, 7) is 3.33. The van der Waals surface area contributed by atoms with Crippen LogP contribution in [0, 0.1) is 5.92 Å². The number of carbonyl (C=O) groups is 2. The molecule has 1 saturated heterocycles. The quantitative estimate of drug-likeness (QED) is 0.837. The van der Waals surface area contributed by atoms with Gasteiger partial charge in [-0.2, -0.15) is 5.10 Å². The molecule has 2 aromatic rings. The molecule has 148 valence electrons. The second-order valence-corrected chi connectivity index (χ2v) is 8.04. The molecule has 2 aliphatic rings. The lowest BCUT2D eigenvalue weighted by molar-refractivity contribution is -0.123. The molecule has 0 atom stereocenters. The van der Waals surface area contributed by atoms with Gasteiger partial charge in [0.15, 0.2) is 0 Å². The molecule has 7 heteroatoms. The number of hydrogen-bond acceptors (Lipinski definition) is 3. The van der Waals surface area contributed by atoms with Gasteiger partial charge >= 0.3 is 0 Å². The molecule has 1 aromatic carbocycles. The average Bonchev–Trinajstić information content (AvgIpc) is 3.47. The summed E-state index contributed by atoms with van der Waals surface area (Å²) in [5.41, 5.74) is 2.38. The third kappa shape index (κ3) is 3.92. The molecule has 0 spiro atoms. The molecular formula is C21H25ClN4O2. The summed E-state index contributed by atoms with van der Waals surface area (Å²) in [5.74, 6) is 0.419. The molecule has 0 radical (unpaired) electrons. The molecule has 1 aliphatic carbocycles. The lowest BCUT2D eigenvalue weighted by Gasteiger charge is -2.32. The first-order valence-corrected chi connectivity index (χ1v) is 10.4. The highest BCUT2D eigenvalue weighted by Crippen LogP contribution is 2.29. The molecule has 2 fully saturated rings. The number of halogens is 1. The highest BCUT2D eigenvalue weighted by molar-refractivity contribution is 6.30. The van der Waals surface area contributed by atoms with Crippen LogP contribution in [0.3, 0.4) is 0 Å². The van der Waals surface area contributed by atoms with E-state index < -0.39 is 0 Å². The Kier molecular flexibility index (Phi) is 5.40. The van der Waals surface area contributed by atoms with Crippen molar-refractivity contribution < 1.29 is 9.59 Å². The van der Waals surface area contributed by atoms with Crippen LogP contribution in [-0.4, -0.2) is 45.6 Å². The van der Waals surface area contributed by atoms with E-state index in [4.69, 9.17) is 11.6 Å². The van der Waals surface area contributed by atoms with Gasteiger partial charge in [-0.15, -0.1) is 0 Å².